The van der Waals surface area contributed by atoms with Crippen LogP contribution in [0, 0.1) is 0 Å². The SMILES string of the molecule is CCC(CC)(c1ccccc1)c1cccc(N)c1N. The van der Waals surface area contributed by atoms with Crippen LogP contribution in [0.4, 0.5) is 11.4 Å². The van der Waals surface area contributed by atoms with Crippen LogP contribution in [0.5, 0.6) is 0 Å². The molecule has 2 aromatic carbocycles. The number of rotatable bonds is 4. The standard InChI is InChI=1S/C17H22N2/c1-3-17(4-2,13-9-6-5-7-10-13)14-11-8-12-15(18)16(14)19/h5-12H,3-4,18-19H2,1-2H3. The van der Waals surface area contributed by atoms with Crippen molar-refractivity contribution in [2.24, 2.45) is 0 Å². The van der Waals surface area contributed by atoms with E-state index in [1.807, 2.05) is 18.2 Å². The van der Waals surface area contributed by atoms with E-state index in [4.69, 9.17) is 11.5 Å². The van der Waals surface area contributed by atoms with Crippen molar-refractivity contribution in [3.05, 3.63) is 59.7 Å². The number of nitrogen functional groups attached to an aromatic ring is 2. The molecule has 0 amide bonds. The van der Waals surface area contributed by atoms with Crippen LogP contribution in [0.15, 0.2) is 48.5 Å². The van der Waals surface area contributed by atoms with Gasteiger partial charge in [-0.3, -0.25) is 0 Å². The van der Waals surface area contributed by atoms with Gasteiger partial charge in [0.25, 0.3) is 0 Å². The normalized spacial score (nSPS) is 11.5. The second-order valence-corrected chi connectivity index (χ2v) is 4.96. The predicted molar refractivity (Wildman–Crippen MR) is 83.1 cm³/mol. The lowest BCUT2D eigenvalue weighted by molar-refractivity contribution is 0.480. The highest BCUT2D eigenvalue weighted by molar-refractivity contribution is 5.70. The van der Waals surface area contributed by atoms with Gasteiger partial charge in [-0.25, -0.2) is 0 Å². The molecule has 0 aliphatic carbocycles. The van der Waals surface area contributed by atoms with Crippen LogP contribution in [0.25, 0.3) is 0 Å². The summed E-state index contributed by atoms with van der Waals surface area (Å²) in [4.78, 5) is 0. The fourth-order valence-electron chi connectivity index (χ4n) is 2.95. The minimum absolute atomic E-state index is 0.0548. The van der Waals surface area contributed by atoms with Crippen molar-refractivity contribution in [2.45, 2.75) is 32.1 Å². The van der Waals surface area contributed by atoms with E-state index in [2.05, 4.69) is 44.2 Å². The lowest BCUT2D eigenvalue weighted by Crippen LogP contribution is -2.27. The molecule has 2 aromatic rings. The first-order chi connectivity index (χ1) is 9.15. The molecule has 0 aliphatic rings. The molecule has 4 N–H and O–H groups in total. The van der Waals surface area contributed by atoms with Crippen LogP contribution in [0.1, 0.15) is 37.8 Å². The van der Waals surface area contributed by atoms with Crippen LogP contribution in [0.2, 0.25) is 0 Å². The van der Waals surface area contributed by atoms with E-state index >= 15 is 0 Å². The summed E-state index contributed by atoms with van der Waals surface area (Å²) in [5, 5.41) is 0. The van der Waals surface area contributed by atoms with Gasteiger partial charge < -0.3 is 11.5 Å². The molecule has 0 spiro atoms. The first kappa shape index (κ1) is 13.5. The molecule has 0 fully saturated rings. The first-order valence-corrected chi connectivity index (χ1v) is 6.85. The average Bonchev–Trinajstić information content (AvgIpc) is 2.46. The Morgan fingerprint density at radius 3 is 2.05 bits per heavy atom. The van der Waals surface area contributed by atoms with E-state index in [1.165, 1.54) is 5.56 Å². The van der Waals surface area contributed by atoms with E-state index < -0.39 is 0 Å². The molecule has 0 radical (unpaired) electrons. The van der Waals surface area contributed by atoms with Crippen molar-refractivity contribution in [1.29, 1.82) is 0 Å². The summed E-state index contributed by atoms with van der Waals surface area (Å²) >= 11 is 0. The molecule has 0 saturated heterocycles. The van der Waals surface area contributed by atoms with E-state index in [1.54, 1.807) is 0 Å². The van der Waals surface area contributed by atoms with Crippen molar-refractivity contribution < 1.29 is 0 Å². The fourth-order valence-corrected chi connectivity index (χ4v) is 2.95. The zero-order valence-electron chi connectivity index (χ0n) is 11.7. The summed E-state index contributed by atoms with van der Waals surface area (Å²) < 4.78 is 0. The zero-order valence-corrected chi connectivity index (χ0v) is 11.7. The van der Waals surface area contributed by atoms with Crippen LogP contribution < -0.4 is 11.5 Å². The molecular weight excluding hydrogens is 232 g/mol. The Hall–Kier alpha value is -1.96. The van der Waals surface area contributed by atoms with Crippen LogP contribution >= 0.6 is 0 Å². The van der Waals surface area contributed by atoms with Gasteiger partial charge in [-0.15, -0.1) is 0 Å². The fraction of sp³-hybridized carbons (Fsp3) is 0.294. The average molecular weight is 254 g/mol. The van der Waals surface area contributed by atoms with Gasteiger partial charge in [0.2, 0.25) is 0 Å². The van der Waals surface area contributed by atoms with Crippen molar-refractivity contribution in [1.82, 2.24) is 0 Å². The highest BCUT2D eigenvalue weighted by atomic mass is 14.7. The van der Waals surface area contributed by atoms with Gasteiger partial charge >= 0.3 is 0 Å². The molecule has 0 aliphatic heterocycles. The third-order valence-electron chi connectivity index (χ3n) is 4.19. The van der Waals surface area contributed by atoms with E-state index in [9.17, 15) is 0 Å². The van der Waals surface area contributed by atoms with Crippen LogP contribution in [-0.4, -0.2) is 0 Å². The zero-order chi connectivity index (χ0) is 13.9. The lowest BCUT2D eigenvalue weighted by Gasteiger charge is -2.34. The molecular formula is C17H22N2. The van der Waals surface area contributed by atoms with Crippen LogP contribution in [-0.2, 0) is 5.41 Å². The highest BCUT2D eigenvalue weighted by Crippen LogP contribution is 2.42. The van der Waals surface area contributed by atoms with Gasteiger partial charge in [-0.1, -0.05) is 56.3 Å². The molecule has 100 valence electrons. The molecule has 0 saturated carbocycles. The van der Waals surface area contributed by atoms with Gasteiger partial charge in [-0.2, -0.15) is 0 Å². The topological polar surface area (TPSA) is 52.0 Å². The lowest BCUT2D eigenvalue weighted by atomic mass is 9.70. The number of hydrogen-bond donors (Lipinski definition) is 2. The maximum absolute atomic E-state index is 6.23. The third kappa shape index (κ3) is 2.19. The quantitative estimate of drug-likeness (QED) is 0.811. The second kappa shape index (κ2) is 5.35. The van der Waals surface area contributed by atoms with Gasteiger partial charge in [-0.05, 0) is 30.0 Å². The Labute approximate surface area is 115 Å². The minimum Gasteiger partial charge on any atom is -0.397 e. The Bertz CT molecular complexity index is 542. The van der Waals surface area contributed by atoms with E-state index in [0.29, 0.717) is 5.69 Å². The molecule has 0 heterocycles. The Morgan fingerprint density at radius 1 is 0.842 bits per heavy atom. The van der Waals surface area contributed by atoms with Crippen molar-refractivity contribution in [3.8, 4) is 0 Å². The summed E-state index contributed by atoms with van der Waals surface area (Å²) in [6, 6.07) is 16.5. The molecule has 0 aromatic heterocycles. The molecule has 2 heteroatoms. The minimum atomic E-state index is -0.0548. The predicted octanol–water partition coefficient (Wildman–Crippen LogP) is 3.96. The van der Waals surface area contributed by atoms with Crippen molar-refractivity contribution in [3.63, 3.8) is 0 Å². The number of anilines is 2. The molecule has 2 rings (SSSR count). The maximum Gasteiger partial charge on any atom is 0.0589 e. The van der Waals surface area contributed by atoms with E-state index in [0.717, 1.165) is 24.1 Å². The highest BCUT2D eigenvalue weighted by Gasteiger charge is 2.32. The molecule has 2 nitrogen and oxygen atoms in total. The second-order valence-electron chi connectivity index (χ2n) is 4.96. The van der Waals surface area contributed by atoms with Gasteiger partial charge in [0, 0.05) is 5.41 Å². The Balaban J connectivity index is 2.66. The summed E-state index contributed by atoms with van der Waals surface area (Å²) in [6.45, 7) is 4.41. The largest absolute Gasteiger partial charge is 0.397 e. The number of benzene rings is 2. The summed E-state index contributed by atoms with van der Waals surface area (Å²) in [5.41, 5.74) is 16.0. The smallest absolute Gasteiger partial charge is 0.0589 e. The maximum atomic E-state index is 6.23. The molecule has 0 atom stereocenters. The van der Waals surface area contributed by atoms with Crippen LogP contribution in [0.3, 0.4) is 0 Å². The Kier molecular flexibility index (Phi) is 3.79. The van der Waals surface area contributed by atoms with Crippen molar-refractivity contribution >= 4 is 11.4 Å². The number of para-hydroxylation sites is 1. The number of hydrogen-bond acceptors (Lipinski definition) is 2. The summed E-state index contributed by atoms with van der Waals surface area (Å²) in [5.74, 6) is 0. The van der Waals surface area contributed by atoms with Gasteiger partial charge in [0.1, 0.15) is 0 Å². The van der Waals surface area contributed by atoms with Gasteiger partial charge in [0.05, 0.1) is 11.4 Å². The summed E-state index contributed by atoms with van der Waals surface area (Å²) in [6.07, 6.45) is 2.00. The molecule has 0 unspecified atom stereocenters. The molecule has 19 heavy (non-hydrogen) atoms. The van der Waals surface area contributed by atoms with Crippen molar-refractivity contribution in [2.75, 3.05) is 11.5 Å². The summed E-state index contributed by atoms with van der Waals surface area (Å²) in [7, 11) is 0. The molecule has 0 bridgehead atoms. The third-order valence-corrected chi connectivity index (χ3v) is 4.19. The monoisotopic (exact) mass is 254 g/mol. The number of nitrogens with two attached hydrogens (primary N) is 2. The Morgan fingerprint density at radius 2 is 1.47 bits per heavy atom. The van der Waals surface area contributed by atoms with Gasteiger partial charge in [0.15, 0.2) is 0 Å². The van der Waals surface area contributed by atoms with E-state index in [-0.39, 0.29) is 5.41 Å². The first-order valence-electron chi connectivity index (χ1n) is 6.85.